The van der Waals surface area contributed by atoms with Crippen molar-refractivity contribution < 1.29 is 8.42 Å². The fraction of sp³-hybridized carbons (Fsp3) is 0.0769. The molecule has 0 unspecified atom stereocenters. The number of hydrogen-bond acceptors (Lipinski definition) is 2. The quantitative estimate of drug-likeness (QED) is 0.447. The molecule has 0 amide bonds. The zero-order chi connectivity index (χ0) is 21.5. The molecule has 31 heavy (non-hydrogen) atoms. The van der Waals surface area contributed by atoms with Crippen LogP contribution < -0.4 is 13.6 Å². The summed E-state index contributed by atoms with van der Waals surface area (Å²) in [6.45, 7) is 1.95. The van der Waals surface area contributed by atoms with Crippen LogP contribution in [0.2, 0.25) is 0 Å². The van der Waals surface area contributed by atoms with Gasteiger partial charge in [-0.2, -0.15) is 0 Å². The topological polar surface area (TPSA) is 46.2 Å². The van der Waals surface area contributed by atoms with Gasteiger partial charge in [-0.1, -0.05) is 0 Å². The van der Waals surface area contributed by atoms with Crippen molar-refractivity contribution in [2.75, 3.05) is 0 Å². The molecular weight excluding hydrogens is 469 g/mol. The summed E-state index contributed by atoms with van der Waals surface area (Å²) >= 11 is 0.0980. The summed E-state index contributed by atoms with van der Waals surface area (Å²) in [5.74, 6) is 0. The van der Waals surface area contributed by atoms with Crippen LogP contribution in [-0.4, -0.2) is 23.4 Å². The number of nitrogens with one attached hydrogen (secondary N) is 1. The molecule has 4 aromatic rings. The van der Waals surface area contributed by atoms with Gasteiger partial charge in [0, 0.05) is 0 Å². The number of fused-ring (bicyclic) bond motifs is 2. The van der Waals surface area contributed by atoms with Crippen molar-refractivity contribution in [3.63, 3.8) is 0 Å². The predicted octanol–water partition coefficient (Wildman–Crippen LogP) is 3.23. The molecule has 0 atom stereocenters. The third kappa shape index (κ3) is 3.44. The van der Waals surface area contributed by atoms with E-state index in [0.717, 1.165) is 22.3 Å². The van der Waals surface area contributed by atoms with Gasteiger partial charge in [0.25, 0.3) is 0 Å². The van der Waals surface area contributed by atoms with E-state index < -0.39 is 15.6 Å². The minimum atomic E-state index is -3.81. The molecule has 0 radical (unpaired) electrons. The van der Waals surface area contributed by atoms with Crippen LogP contribution in [0, 0.1) is 6.92 Å². The van der Waals surface area contributed by atoms with E-state index >= 15 is 0 Å². The Hall–Kier alpha value is -2.69. The van der Waals surface area contributed by atoms with Crippen LogP contribution in [0.25, 0.3) is 0 Å². The number of sulfonamides is 1. The molecule has 1 aliphatic heterocycles. The van der Waals surface area contributed by atoms with Crippen LogP contribution in [0.5, 0.6) is 0 Å². The van der Waals surface area contributed by atoms with Crippen molar-refractivity contribution in [3.05, 3.63) is 125 Å². The number of benzene rings is 4. The first kappa shape index (κ1) is 20.2. The molecule has 0 saturated heterocycles. The minimum absolute atomic E-state index is 0.0980. The normalized spacial score (nSPS) is 14.5. The summed E-state index contributed by atoms with van der Waals surface area (Å²) in [4.78, 5) is 0.263. The molecule has 0 aliphatic carbocycles. The first-order chi connectivity index (χ1) is 15.0. The van der Waals surface area contributed by atoms with Crippen molar-refractivity contribution >= 4 is 33.9 Å². The van der Waals surface area contributed by atoms with E-state index in [1.165, 1.54) is 8.92 Å². The maximum absolute atomic E-state index is 13.7. The van der Waals surface area contributed by atoms with Crippen molar-refractivity contribution in [1.29, 1.82) is 0 Å². The Morgan fingerprint density at radius 2 is 1.19 bits per heavy atom. The molecular formula is C26H21NO2SSe. The summed E-state index contributed by atoms with van der Waals surface area (Å²) < 4.78 is 32.9. The van der Waals surface area contributed by atoms with Crippen molar-refractivity contribution in [2.45, 2.75) is 17.4 Å². The van der Waals surface area contributed by atoms with Crippen LogP contribution in [0.3, 0.4) is 0 Å². The molecule has 4 aromatic carbocycles. The fourth-order valence-corrected chi connectivity index (χ4v) is 8.00. The van der Waals surface area contributed by atoms with Crippen molar-refractivity contribution in [2.24, 2.45) is 0 Å². The summed E-state index contributed by atoms with van der Waals surface area (Å²) in [6.07, 6.45) is 0. The number of aryl methyl sites for hydroxylation is 1. The molecule has 1 heterocycles. The Kier molecular flexibility index (Phi) is 5.07. The summed E-state index contributed by atoms with van der Waals surface area (Å²) in [6, 6.07) is 33.2. The van der Waals surface area contributed by atoms with Gasteiger partial charge in [0.1, 0.15) is 0 Å². The molecule has 5 heteroatoms. The Morgan fingerprint density at radius 1 is 0.677 bits per heavy atom. The zero-order valence-corrected chi connectivity index (χ0v) is 19.5. The summed E-state index contributed by atoms with van der Waals surface area (Å²) in [7, 11) is -3.81. The van der Waals surface area contributed by atoms with Gasteiger partial charge in [0.2, 0.25) is 0 Å². The molecule has 0 bridgehead atoms. The van der Waals surface area contributed by atoms with Crippen molar-refractivity contribution in [3.8, 4) is 0 Å². The molecule has 0 aromatic heterocycles. The van der Waals surface area contributed by atoms with E-state index in [9.17, 15) is 8.42 Å². The molecule has 0 spiro atoms. The van der Waals surface area contributed by atoms with Gasteiger partial charge in [0.05, 0.1) is 0 Å². The number of rotatable bonds is 4. The summed E-state index contributed by atoms with van der Waals surface area (Å²) in [5.41, 5.74) is 2.91. The van der Waals surface area contributed by atoms with Crippen LogP contribution in [0.1, 0.15) is 22.3 Å². The third-order valence-electron chi connectivity index (χ3n) is 5.63. The van der Waals surface area contributed by atoms with Crippen LogP contribution in [-0.2, 0) is 15.6 Å². The molecule has 1 aliphatic rings. The van der Waals surface area contributed by atoms with E-state index in [1.807, 2.05) is 73.7 Å². The van der Waals surface area contributed by atoms with E-state index in [4.69, 9.17) is 0 Å². The average molecular weight is 490 g/mol. The first-order valence-electron chi connectivity index (χ1n) is 10.0. The van der Waals surface area contributed by atoms with Gasteiger partial charge < -0.3 is 0 Å². The van der Waals surface area contributed by atoms with Crippen LogP contribution >= 0.6 is 0 Å². The fourth-order valence-electron chi connectivity index (χ4n) is 4.14. The van der Waals surface area contributed by atoms with Gasteiger partial charge >= 0.3 is 190 Å². The van der Waals surface area contributed by atoms with Crippen LogP contribution in [0.4, 0.5) is 0 Å². The molecule has 154 valence electrons. The SMILES string of the molecule is Cc1ccc(S(=O)(=O)NC2(c3ccccc3)c3ccccc3[Se]c3ccccc32)cc1. The Morgan fingerprint density at radius 3 is 1.77 bits per heavy atom. The Labute approximate surface area is 189 Å². The second-order valence-electron chi connectivity index (χ2n) is 7.63. The van der Waals surface area contributed by atoms with Gasteiger partial charge in [-0.15, -0.1) is 0 Å². The zero-order valence-electron chi connectivity index (χ0n) is 16.9. The van der Waals surface area contributed by atoms with Gasteiger partial charge in [-0.25, -0.2) is 0 Å². The van der Waals surface area contributed by atoms with Gasteiger partial charge in [0.15, 0.2) is 0 Å². The van der Waals surface area contributed by atoms with Crippen LogP contribution in [0.15, 0.2) is 108 Å². The monoisotopic (exact) mass is 491 g/mol. The molecule has 5 rings (SSSR count). The molecule has 0 fully saturated rings. The van der Waals surface area contributed by atoms with E-state index in [0.29, 0.717) is 0 Å². The predicted molar refractivity (Wildman–Crippen MR) is 126 cm³/mol. The molecule has 0 saturated carbocycles. The first-order valence-corrected chi connectivity index (χ1v) is 13.2. The second kappa shape index (κ2) is 7.77. The maximum atomic E-state index is 13.7. The van der Waals surface area contributed by atoms with Crippen molar-refractivity contribution in [1.82, 2.24) is 4.72 Å². The summed E-state index contributed by atoms with van der Waals surface area (Å²) in [5, 5.41) is 0. The van der Waals surface area contributed by atoms with E-state index in [-0.39, 0.29) is 19.9 Å². The van der Waals surface area contributed by atoms with E-state index in [2.05, 4.69) is 29.0 Å². The van der Waals surface area contributed by atoms with Gasteiger partial charge in [-0.3, -0.25) is 0 Å². The van der Waals surface area contributed by atoms with Gasteiger partial charge in [-0.05, 0) is 0 Å². The standard InChI is InChI=1S/C26H21NO2SSe/c1-19-15-17-21(18-16-19)30(28,29)27-26(20-9-3-2-4-10-20)22-11-5-7-13-24(22)31-25-14-8-6-12-23(25)26/h2-18,27H,1H3. The molecule has 3 nitrogen and oxygen atoms in total. The third-order valence-corrected chi connectivity index (χ3v) is 9.51. The average Bonchev–Trinajstić information content (AvgIpc) is 2.79. The second-order valence-corrected chi connectivity index (χ2v) is 11.6. The molecule has 1 N–H and O–H groups in total. The number of hydrogen-bond donors (Lipinski definition) is 1. The van der Waals surface area contributed by atoms with E-state index in [1.54, 1.807) is 12.1 Å². The Bertz CT molecular complexity index is 1300. The Balaban J connectivity index is 1.81.